The predicted octanol–water partition coefficient (Wildman–Crippen LogP) is 7.92. The summed E-state index contributed by atoms with van der Waals surface area (Å²) >= 11 is 0. The van der Waals surface area contributed by atoms with Crippen LogP contribution >= 0.6 is 0 Å². The Morgan fingerprint density at radius 3 is 2.38 bits per heavy atom. The van der Waals surface area contributed by atoms with E-state index in [4.69, 9.17) is 4.42 Å². The predicted molar refractivity (Wildman–Crippen MR) is 123 cm³/mol. The van der Waals surface area contributed by atoms with Crippen LogP contribution in [0.4, 0.5) is 0 Å². The third kappa shape index (κ3) is 2.16. The average Bonchev–Trinajstić information content (AvgIpc) is 3.25. The molecule has 0 saturated carbocycles. The lowest BCUT2D eigenvalue weighted by Crippen LogP contribution is -2.15. The number of rotatable bonds is 0. The van der Waals surface area contributed by atoms with Crippen molar-refractivity contribution in [1.29, 1.82) is 0 Å². The fourth-order valence-corrected chi connectivity index (χ4v) is 5.44. The highest BCUT2D eigenvalue weighted by molar-refractivity contribution is 6.21. The summed E-state index contributed by atoms with van der Waals surface area (Å²) in [7, 11) is 0. The van der Waals surface area contributed by atoms with Crippen LogP contribution in [-0.2, 0) is 11.8 Å². The summed E-state index contributed by atoms with van der Waals surface area (Å²) in [6, 6.07) is 21.9. The van der Waals surface area contributed by atoms with Crippen LogP contribution in [0.1, 0.15) is 43.0 Å². The Kier molecular flexibility index (Phi) is 3.20. The second-order valence-electron chi connectivity index (χ2n) is 9.41. The lowest BCUT2D eigenvalue weighted by Gasteiger charge is -2.24. The van der Waals surface area contributed by atoms with Gasteiger partial charge in [-0.3, -0.25) is 0 Å². The normalized spacial score (nSPS) is 13.4. The van der Waals surface area contributed by atoms with Gasteiger partial charge in [-0.15, -0.1) is 0 Å². The van der Waals surface area contributed by atoms with Crippen molar-refractivity contribution in [3.05, 3.63) is 82.9 Å². The Bertz CT molecular complexity index is 1460. The molecular formula is C28H24O. The van der Waals surface area contributed by atoms with Gasteiger partial charge in [0.2, 0.25) is 0 Å². The van der Waals surface area contributed by atoms with Gasteiger partial charge in [-0.1, -0.05) is 75.4 Å². The van der Waals surface area contributed by atoms with Crippen LogP contribution in [0.2, 0.25) is 0 Å². The van der Waals surface area contributed by atoms with Crippen molar-refractivity contribution in [3.63, 3.8) is 0 Å². The van der Waals surface area contributed by atoms with Crippen LogP contribution in [0.15, 0.2) is 65.1 Å². The van der Waals surface area contributed by atoms with Crippen LogP contribution in [0.3, 0.4) is 0 Å². The molecule has 4 aromatic carbocycles. The molecule has 1 aliphatic carbocycles. The first-order chi connectivity index (χ1) is 13.9. The Morgan fingerprint density at radius 2 is 1.55 bits per heavy atom. The fraction of sp³-hybridized carbons (Fsp3) is 0.214. The van der Waals surface area contributed by atoms with E-state index in [1.807, 2.05) is 0 Å². The Labute approximate surface area is 171 Å². The summed E-state index contributed by atoms with van der Waals surface area (Å²) in [6.07, 6.45) is 1.01. The zero-order valence-corrected chi connectivity index (χ0v) is 17.4. The van der Waals surface area contributed by atoms with E-state index in [1.54, 1.807) is 0 Å². The number of furan rings is 1. The highest BCUT2D eigenvalue weighted by Gasteiger charge is 2.32. The maximum Gasteiger partial charge on any atom is 0.143 e. The molecule has 5 aromatic rings. The molecule has 1 heterocycles. The molecule has 1 aromatic heterocycles. The summed E-state index contributed by atoms with van der Waals surface area (Å²) in [5.74, 6) is 0. The van der Waals surface area contributed by atoms with Crippen molar-refractivity contribution in [2.24, 2.45) is 0 Å². The summed E-state index contributed by atoms with van der Waals surface area (Å²) in [5, 5.41) is 4.95. The van der Waals surface area contributed by atoms with Gasteiger partial charge in [0.05, 0.1) is 0 Å². The van der Waals surface area contributed by atoms with Gasteiger partial charge in [0.1, 0.15) is 11.2 Å². The molecule has 1 heteroatoms. The summed E-state index contributed by atoms with van der Waals surface area (Å²) in [5.41, 5.74) is 10.5. The van der Waals surface area contributed by atoms with Crippen molar-refractivity contribution in [1.82, 2.24) is 0 Å². The van der Waals surface area contributed by atoms with Gasteiger partial charge in [-0.05, 0) is 58.0 Å². The molecule has 0 unspecified atom stereocenters. The maximum absolute atomic E-state index is 6.74. The van der Waals surface area contributed by atoms with E-state index in [0.717, 1.165) is 17.6 Å². The van der Waals surface area contributed by atoms with Crippen molar-refractivity contribution in [2.75, 3.05) is 0 Å². The zero-order valence-electron chi connectivity index (χ0n) is 17.4. The first-order valence-corrected chi connectivity index (χ1v) is 10.4. The van der Waals surface area contributed by atoms with Gasteiger partial charge in [-0.25, -0.2) is 0 Å². The topological polar surface area (TPSA) is 13.1 Å². The molecule has 1 nitrogen and oxygen atoms in total. The van der Waals surface area contributed by atoms with Crippen molar-refractivity contribution in [2.45, 2.75) is 39.5 Å². The SMILES string of the molecule is Cc1c2c(c3c(oc4c5ccccc5ccc43)c1C(C)(C)C)-c1ccccc1C2. The molecule has 29 heavy (non-hydrogen) atoms. The number of hydrogen-bond acceptors (Lipinski definition) is 1. The Hall–Kier alpha value is -3.06. The quantitative estimate of drug-likeness (QED) is 0.262. The van der Waals surface area contributed by atoms with E-state index in [0.29, 0.717) is 0 Å². The highest BCUT2D eigenvalue weighted by Crippen LogP contribution is 2.50. The van der Waals surface area contributed by atoms with Crippen LogP contribution < -0.4 is 0 Å². The number of fused-ring (bicyclic) bond motifs is 9. The van der Waals surface area contributed by atoms with Crippen LogP contribution in [0.5, 0.6) is 0 Å². The minimum atomic E-state index is 0.00974. The first-order valence-electron chi connectivity index (χ1n) is 10.4. The minimum absolute atomic E-state index is 0.00974. The fourth-order valence-electron chi connectivity index (χ4n) is 5.44. The molecule has 0 aliphatic heterocycles. The molecule has 0 amide bonds. The lowest BCUT2D eigenvalue weighted by molar-refractivity contribution is 0.569. The summed E-state index contributed by atoms with van der Waals surface area (Å²) < 4.78 is 6.74. The van der Waals surface area contributed by atoms with E-state index >= 15 is 0 Å². The van der Waals surface area contributed by atoms with Gasteiger partial charge in [0.15, 0.2) is 0 Å². The van der Waals surface area contributed by atoms with Gasteiger partial charge in [0, 0.05) is 21.7 Å². The minimum Gasteiger partial charge on any atom is -0.455 e. The lowest BCUT2D eigenvalue weighted by atomic mass is 9.79. The van der Waals surface area contributed by atoms with Crippen LogP contribution in [-0.4, -0.2) is 0 Å². The van der Waals surface area contributed by atoms with Gasteiger partial charge >= 0.3 is 0 Å². The Morgan fingerprint density at radius 1 is 0.793 bits per heavy atom. The molecule has 1 aliphatic rings. The molecule has 0 saturated heterocycles. The first kappa shape index (κ1) is 16.9. The third-order valence-electron chi connectivity index (χ3n) is 6.59. The molecule has 0 radical (unpaired) electrons. The number of benzene rings is 4. The maximum atomic E-state index is 6.74. The highest BCUT2D eigenvalue weighted by atomic mass is 16.3. The average molecular weight is 376 g/mol. The standard InChI is InChI=1S/C28H24O/c1-16-22-15-18-10-6-7-11-19(18)23(22)24-21-14-13-17-9-5-8-12-20(17)26(21)29-27(24)25(16)28(2,3)4/h5-14H,15H2,1-4H3. The monoisotopic (exact) mass is 376 g/mol. The van der Waals surface area contributed by atoms with Crippen molar-refractivity contribution < 1.29 is 4.42 Å². The second-order valence-corrected chi connectivity index (χ2v) is 9.41. The summed E-state index contributed by atoms with van der Waals surface area (Å²) in [4.78, 5) is 0. The van der Waals surface area contributed by atoms with Gasteiger partial charge < -0.3 is 4.42 Å². The molecule has 6 rings (SSSR count). The molecule has 0 fully saturated rings. The van der Waals surface area contributed by atoms with E-state index in [9.17, 15) is 0 Å². The zero-order chi connectivity index (χ0) is 19.9. The Balaban J connectivity index is 1.90. The second kappa shape index (κ2) is 5.51. The molecule has 0 bridgehead atoms. The summed E-state index contributed by atoms with van der Waals surface area (Å²) in [6.45, 7) is 9.19. The molecule has 0 N–H and O–H groups in total. The van der Waals surface area contributed by atoms with Crippen LogP contribution in [0.25, 0.3) is 43.8 Å². The van der Waals surface area contributed by atoms with Crippen molar-refractivity contribution >= 4 is 32.7 Å². The third-order valence-corrected chi connectivity index (χ3v) is 6.59. The molecule has 0 atom stereocenters. The molecule has 0 spiro atoms. The van der Waals surface area contributed by atoms with E-state index < -0.39 is 0 Å². The smallest absolute Gasteiger partial charge is 0.143 e. The van der Waals surface area contributed by atoms with Gasteiger partial charge in [0.25, 0.3) is 0 Å². The van der Waals surface area contributed by atoms with Crippen molar-refractivity contribution in [3.8, 4) is 11.1 Å². The van der Waals surface area contributed by atoms with E-state index in [1.165, 1.54) is 54.9 Å². The molecule has 142 valence electrons. The van der Waals surface area contributed by atoms with Crippen LogP contribution in [0, 0.1) is 6.92 Å². The van der Waals surface area contributed by atoms with E-state index in [2.05, 4.69) is 88.4 Å². The number of hydrogen-bond donors (Lipinski definition) is 0. The molecular weight excluding hydrogens is 352 g/mol. The van der Waals surface area contributed by atoms with Gasteiger partial charge in [-0.2, -0.15) is 0 Å². The van der Waals surface area contributed by atoms with E-state index in [-0.39, 0.29) is 5.41 Å². The largest absolute Gasteiger partial charge is 0.455 e.